The molecule has 0 bridgehead atoms. The molecule has 0 radical (unpaired) electrons. The standard InChI is InChI=1S/C28H31Cl2N3O4S/c1-19(2)31-28(35)21(4)32(17-22-8-5-7-20(3)15-22)27(34)18-33(25-10-6-9-24(30)16-25)38(36,37)26-13-11-23(29)12-14-26/h5-16,19,21H,17-18H2,1-4H3,(H,31,35). The van der Waals surface area contributed by atoms with Crippen LogP contribution in [0.4, 0.5) is 5.69 Å². The molecule has 3 aromatic carbocycles. The molecule has 1 atom stereocenters. The summed E-state index contributed by atoms with van der Waals surface area (Å²) in [6.07, 6.45) is 0. The molecule has 10 heteroatoms. The zero-order valence-corrected chi connectivity index (χ0v) is 24.0. The highest BCUT2D eigenvalue weighted by atomic mass is 35.5. The number of anilines is 1. The van der Waals surface area contributed by atoms with Crippen molar-refractivity contribution in [2.24, 2.45) is 0 Å². The summed E-state index contributed by atoms with van der Waals surface area (Å²) in [5, 5.41) is 3.53. The lowest BCUT2D eigenvalue weighted by molar-refractivity contribution is -0.139. The van der Waals surface area contributed by atoms with Crippen LogP contribution < -0.4 is 9.62 Å². The van der Waals surface area contributed by atoms with E-state index in [9.17, 15) is 18.0 Å². The zero-order valence-electron chi connectivity index (χ0n) is 21.7. The van der Waals surface area contributed by atoms with Crippen LogP contribution >= 0.6 is 23.2 Å². The van der Waals surface area contributed by atoms with Crippen molar-refractivity contribution in [2.75, 3.05) is 10.8 Å². The number of carbonyl (C=O) groups is 2. The monoisotopic (exact) mass is 575 g/mol. The molecule has 0 saturated carbocycles. The number of hydrogen-bond donors (Lipinski definition) is 1. The van der Waals surface area contributed by atoms with Gasteiger partial charge < -0.3 is 10.2 Å². The van der Waals surface area contributed by atoms with Gasteiger partial charge in [0.05, 0.1) is 10.6 Å². The number of hydrogen-bond acceptors (Lipinski definition) is 4. The molecule has 0 heterocycles. The summed E-state index contributed by atoms with van der Waals surface area (Å²) >= 11 is 12.1. The van der Waals surface area contributed by atoms with Crippen LogP contribution in [0, 0.1) is 6.92 Å². The summed E-state index contributed by atoms with van der Waals surface area (Å²) in [6.45, 7) is 6.80. The molecule has 38 heavy (non-hydrogen) atoms. The first-order valence-electron chi connectivity index (χ1n) is 12.1. The van der Waals surface area contributed by atoms with Crippen LogP contribution in [0.5, 0.6) is 0 Å². The molecule has 1 unspecified atom stereocenters. The first-order valence-corrected chi connectivity index (χ1v) is 14.3. The lowest BCUT2D eigenvalue weighted by Crippen LogP contribution is -2.52. The van der Waals surface area contributed by atoms with Crippen molar-refractivity contribution in [3.63, 3.8) is 0 Å². The fourth-order valence-electron chi connectivity index (χ4n) is 3.89. The molecule has 0 aliphatic heterocycles. The van der Waals surface area contributed by atoms with E-state index in [4.69, 9.17) is 23.2 Å². The van der Waals surface area contributed by atoms with Gasteiger partial charge in [0.15, 0.2) is 0 Å². The largest absolute Gasteiger partial charge is 0.352 e. The van der Waals surface area contributed by atoms with Crippen molar-refractivity contribution >= 4 is 50.7 Å². The third-order valence-corrected chi connectivity index (χ3v) is 8.09. The summed E-state index contributed by atoms with van der Waals surface area (Å²) in [5.41, 5.74) is 2.04. The molecular weight excluding hydrogens is 545 g/mol. The van der Waals surface area contributed by atoms with Crippen LogP contribution in [0.1, 0.15) is 31.9 Å². The van der Waals surface area contributed by atoms with Gasteiger partial charge in [0, 0.05) is 22.6 Å². The predicted octanol–water partition coefficient (Wildman–Crippen LogP) is 5.44. The van der Waals surface area contributed by atoms with E-state index in [1.54, 1.807) is 25.1 Å². The number of benzene rings is 3. The Hall–Kier alpha value is -3.07. The quantitative estimate of drug-likeness (QED) is 0.348. The second kappa shape index (κ2) is 12.7. The van der Waals surface area contributed by atoms with Crippen molar-refractivity contribution in [3.8, 4) is 0 Å². The fraction of sp³-hybridized carbons (Fsp3) is 0.286. The van der Waals surface area contributed by atoms with Gasteiger partial charge in [-0.25, -0.2) is 8.42 Å². The van der Waals surface area contributed by atoms with E-state index in [0.717, 1.165) is 15.4 Å². The van der Waals surface area contributed by atoms with E-state index in [0.29, 0.717) is 10.0 Å². The Bertz CT molecular complexity index is 1400. The Morgan fingerprint density at radius 1 is 0.895 bits per heavy atom. The molecule has 0 saturated heterocycles. The molecule has 202 valence electrons. The van der Waals surface area contributed by atoms with Gasteiger partial charge in [0.2, 0.25) is 11.8 Å². The molecule has 2 amide bonds. The first kappa shape index (κ1) is 29.5. The Morgan fingerprint density at radius 2 is 1.55 bits per heavy atom. The Kier molecular flexibility index (Phi) is 9.82. The molecule has 0 aromatic heterocycles. The Balaban J connectivity index is 2.03. The van der Waals surface area contributed by atoms with Crippen molar-refractivity contribution in [1.82, 2.24) is 10.2 Å². The number of nitrogens with one attached hydrogen (secondary N) is 1. The topological polar surface area (TPSA) is 86.8 Å². The highest BCUT2D eigenvalue weighted by Crippen LogP contribution is 2.27. The highest BCUT2D eigenvalue weighted by molar-refractivity contribution is 7.92. The Labute approximate surface area is 234 Å². The van der Waals surface area contributed by atoms with E-state index in [1.807, 2.05) is 45.0 Å². The number of sulfonamides is 1. The number of carbonyl (C=O) groups excluding carboxylic acids is 2. The van der Waals surface area contributed by atoms with E-state index in [-0.39, 0.29) is 29.1 Å². The molecule has 0 aliphatic rings. The molecular formula is C28H31Cl2N3O4S. The van der Waals surface area contributed by atoms with Crippen LogP contribution in [0.2, 0.25) is 10.0 Å². The summed E-state index contributed by atoms with van der Waals surface area (Å²) in [7, 11) is -4.19. The van der Waals surface area contributed by atoms with Crippen molar-refractivity contribution in [3.05, 3.63) is 94.0 Å². The van der Waals surface area contributed by atoms with Crippen molar-refractivity contribution in [1.29, 1.82) is 0 Å². The molecule has 0 fully saturated rings. The maximum Gasteiger partial charge on any atom is 0.264 e. The van der Waals surface area contributed by atoms with Crippen LogP contribution in [0.3, 0.4) is 0 Å². The molecule has 3 aromatic rings. The summed E-state index contributed by atoms with van der Waals surface area (Å²) in [5.74, 6) is -0.883. The number of rotatable bonds is 10. The third-order valence-electron chi connectivity index (χ3n) is 5.81. The normalized spacial score (nSPS) is 12.2. The molecule has 0 spiro atoms. The second-order valence-electron chi connectivity index (χ2n) is 9.30. The van der Waals surface area contributed by atoms with Gasteiger partial charge >= 0.3 is 0 Å². The van der Waals surface area contributed by atoms with E-state index < -0.39 is 28.5 Å². The maximum atomic E-state index is 13.9. The Morgan fingerprint density at radius 3 is 2.16 bits per heavy atom. The number of nitrogens with zero attached hydrogens (tertiary/aromatic N) is 2. The van der Waals surface area contributed by atoms with Crippen LogP contribution in [0.25, 0.3) is 0 Å². The number of amides is 2. The highest BCUT2D eigenvalue weighted by Gasteiger charge is 2.32. The fourth-order valence-corrected chi connectivity index (χ4v) is 5.61. The van der Waals surface area contributed by atoms with Gasteiger partial charge in [0.25, 0.3) is 10.0 Å². The van der Waals surface area contributed by atoms with Gasteiger partial charge in [-0.2, -0.15) is 0 Å². The smallest absolute Gasteiger partial charge is 0.264 e. The summed E-state index contributed by atoms with van der Waals surface area (Å²) in [6, 6.07) is 18.5. The number of halogens is 2. The maximum absolute atomic E-state index is 13.9. The van der Waals surface area contributed by atoms with Crippen LogP contribution in [-0.4, -0.2) is 43.8 Å². The first-order chi connectivity index (χ1) is 17.9. The summed E-state index contributed by atoms with van der Waals surface area (Å²) < 4.78 is 28.5. The lowest BCUT2D eigenvalue weighted by atomic mass is 10.1. The van der Waals surface area contributed by atoms with E-state index in [1.165, 1.54) is 35.2 Å². The van der Waals surface area contributed by atoms with Gasteiger partial charge in [-0.05, 0) is 75.7 Å². The minimum Gasteiger partial charge on any atom is -0.352 e. The number of aryl methyl sites for hydroxylation is 1. The van der Waals surface area contributed by atoms with Gasteiger partial charge in [-0.3, -0.25) is 13.9 Å². The van der Waals surface area contributed by atoms with E-state index in [2.05, 4.69) is 5.32 Å². The molecule has 3 rings (SSSR count). The molecule has 1 N–H and O–H groups in total. The average molecular weight is 577 g/mol. The predicted molar refractivity (Wildman–Crippen MR) is 152 cm³/mol. The third kappa shape index (κ3) is 7.49. The van der Waals surface area contributed by atoms with Gasteiger partial charge in [-0.1, -0.05) is 59.1 Å². The SMILES string of the molecule is Cc1cccc(CN(C(=O)CN(c2cccc(Cl)c2)S(=O)(=O)c2ccc(Cl)cc2)C(C)C(=O)NC(C)C)c1. The summed E-state index contributed by atoms with van der Waals surface area (Å²) in [4.78, 5) is 28.1. The zero-order chi connectivity index (χ0) is 28.0. The minimum atomic E-state index is -4.19. The van der Waals surface area contributed by atoms with Crippen molar-refractivity contribution < 1.29 is 18.0 Å². The van der Waals surface area contributed by atoms with E-state index >= 15 is 0 Å². The van der Waals surface area contributed by atoms with Crippen LogP contribution in [0.15, 0.2) is 77.7 Å². The van der Waals surface area contributed by atoms with Crippen LogP contribution in [-0.2, 0) is 26.2 Å². The van der Waals surface area contributed by atoms with Crippen molar-refractivity contribution in [2.45, 2.75) is 51.2 Å². The minimum absolute atomic E-state index is 0.0366. The average Bonchev–Trinajstić information content (AvgIpc) is 2.85. The lowest BCUT2D eigenvalue weighted by Gasteiger charge is -2.32. The molecule has 7 nitrogen and oxygen atoms in total. The second-order valence-corrected chi connectivity index (χ2v) is 12.0. The molecule has 0 aliphatic carbocycles. The van der Waals surface area contributed by atoms with Gasteiger partial charge in [-0.15, -0.1) is 0 Å². The van der Waals surface area contributed by atoms with Gasteiger partial charge in [0.1, 0.15) is 12.6 Å².